The molecule has 11 heteroatoms. The molecule has 3 N–H and O–H groups in total. The average molecular weight is 639 g/mol. The van der Waals surface area contributed by atoms with E-state index in [1.165, 1.54) is 12.1 Å². The summed E-state index contributed by atoms with van der Waals surface area (Å²) >= 11 is 0. The summed E-state index contributed by atoms with van der Waals surface area (Å²) < 4.78 is 18.2. The molecule has 9 nitrogen and oxygen atoms in total. The van der Waals surface area contributed by atoms with Crippen LogP contribution in [0.3, 0.4) is 0 Å². The number of aliphatic hydroxyl groups is 2. The SMILES string of the molecule is CC(C)n1c(CC[C@@H](O)C[C@@H](O)CC(=O)[O-])c(-c2ccc(F)cc2)c(-c2ccccc2)c1C(=O)NCc1cn2c(n1)CCCC2.[Na+]. The van der Waals surface area contributed by atoms with Crippen molar-refractivity contribution in [3.63, 3.8) is 0 Å². The molecule has 0 aliphatic carbocycles. The summed E-state index contributed by atoms with van der Waals surface area (Å²) in [5.74, 6) is -1.03. The van der Waals surface area contributed by atoms with E-state index < -0.39 is 24.6 Å². The Kier molecular flexibility index (Phi) is 12.4. The number of halogens is 1. The summed E-state index contributed by atoms with van der Waals surface area (Å²) in [6, 6.07) is 15.5. The second-order valence-electron chi connectivity index (χ2n) is 12.0. The molecule has 2 atom stereocenters. The number of nitrogens with one attached hydrogen (secondary N) is 1. The van der Waals surface area contributed by atoms with Crippen molar-refractivity contribution in [1.82, 2.24) is 19.4 Å². The zero-order valence-electron chi connectivity index (χ0n) is 26.7. The number of carboxylic acids is 1. The van der Waals surface area contributed by atoms with Gasteiger partial charge in [0.1, 0.15) is 17.3 Å². The van der Waals surface area contributed by atoms with Crippen molar-refractivity contribution in [2.24, 2.45) is 0 Å². The van der Waals surface area contributed by atoms with Gasteiger partial charge in [0.25, 0.3) is 5.91 Å². The minimum Gasteiger partial charge on any atom is -0.550 e. The Labute approximate surface area is 290 Å². The third-order valence-electron chi connectivity index (χ3n) is 8.28. The van der Waals surface area contributed by atoms with Crippen LogP contribution in [0.2, 0.25) is 0 Å². The maximum absolute atomic E-state index is 14.2. The van der Waals surface area contributed by atoms with Crippen molar-refractivity contribution in [2.75, 3.05) is 0 Å². The molecular formula is C35H40FN4NaO5. The fraction of sp³-hybridized carbons (Fsp3) is 0.400. The molecule has 1 aliphatic heterocycles. The number of carbonyl (C=O) groups excluding carboxylic acids is 2. The summed E-state index contributed by atoms with van der Waals surface area (Å²) in [5, 5.41) is 34.9. The van der Waals surface area contributed by atoms with Gasteiger partial charge in [-0.1, -0.05) is 42.5 Å². The second kappa shape index (κ2) is 16.0. The van der Waals surface area contributed by atoms with Crippen LogP contribution in [-0.2, 0) is 30.7 Å². The average Bonchev–Trinajstić information content (AvgIpc) is 3.58. The molecule has 2 aromatic heterocycles. The third-order valence-corrected chi connectivity index (χ3v) is 8.28. The largest absolute Gasteiger partial charge is 1.00 e. The molecular weight excluding hydrogens is 598 g/mol. The third kappa shape index (κ3) is 8.35. The number of aliphatic hydroxyl groups excluding tert-OH is 2. The van der Waals surface area contributed by atoms with Crippen LogP contribution in [0.4, 0.5) is 4.39 Å². The molecule has 0 saturated heterocycles. The van der Waals surface area contributed by atoms with Crippen molar-refractivity contribution in [2.45, 2.75) is 90.1 Å². The molecule has 0 spiro atoms. The van der Waals surface area contributed by atoms with E-state index in [1.54, 1.807) is 12.1 Å². The Morgan fingerprint density at radius 1 is 1.00 bits per heavy atom. The number of hydrogen-bond donors (Lipinski definition) is 3. The summed E-state index contributed by atoms with van der Waals surface area (Å²) in [6.07, 6.45) is 2.70. The normalized spacial score (nSPS) is 14.0. The van der Waals surface area contributed by atoms with Gasteiger partial charge in [0.05, 0.1) is 24.4 Å². The number of hydrogen-bond acceptors (Lipinski definition) is 6. The van der Waals surface area contributed by atoms with Crippen LogP contribution in [0.15, 0.2) is 60.8 Å². The molecule has 0 saturated carbocycles. The molecule has 5 rings (SSSR count). The van der Waals surface area contributed by atoms with Gasteiger partial charge in [-0.2, -0.15) is 0 Å². The summed E-state index contributed by atoms with van der Waals surface area (Å²) in [4.78, 5) is 29.9. The predicted molar refractivity (Wildman–Crippen MR) is 167 cm³/mol. The van der Waals surface area contributed by atoms with Crippen LogP contribution in [0, 0.1) is 5.82 Å². The Morgan fingerprint density at radius 3 is 2.35 bits per heavy atom. The van der Waals surface area contributed by atoms with Crippen LogP contribution in [0.5, 0.6) is 0 Å². The molecule has 3 heterocycles. The number of benzene rings is 2. The van der Waals surface area contributed by atoms with Gasteiger partial charge in [-0.05, 0) is 69.2 Å². The first kappa shape index (κ1) is 35.6. The Hall–Kier alpha value is -3.28. The Bertz CT molecular complexity index is 1610. The molecule has 46 heavy (non-hydrogen) atoms. The fourth-order valence-corrected chi connectivity index (χ4v) is 6.31. The van der Waals surface area contributed by atoms with Crippen molar-refractivity contribution >= 4 is 11.9 Å². The molecule has 238 valence electrons. The van der Waals surface area contributed by atoms with E-state index in [4.69, 9.17) is 4.98 Å². The molecule has 2 aromatic carbocycles. The number of aliphatic carboxylic acids is 1. The zero-order valence-corrected chi connectivity index (χ0v) is 28.7. The minimum atomic E-state index is -1.39. The maximum atomic E-state index is 14.2. The van der Waals surface area contributed by atoms with Gasteiger partial charge in [0.15, 0.2) is 0 Å². The molecule has 0 bridgehead atoms. The van der Waals surface area contributed by atoms with E-state index in [1.807, 2.05) is 54.9 Å². The van der Waals surface area contributed by atoms with Crippen molar-refractivity contribution in [1.29, 1.82) is 0 Å². The number of amides is 1. The van der Waals surface area contributed by atoms with Crippen LogP contribution < -0.4 is 40.0 Å². The molecule has 0 radical (unpaired) electrons. The van der Waals surface area contributed by atoms with Gasteiger partial charge in [-0.15, -0.1) is 0 Å². The minimum absolute atomic E-state index is 0. The van der Waals surface area contributed by atoms with Crippen LogP contribution >= 0.6 is 0 Å². The first-order valence-corrected chi connectivity index (χ1v) is 15.6. The van der Waals surface area contributed by atoms with Gasteiger partial charge in [-0.3, -0.25) is 4.79 Å². The Morgan fingerprint density at radius 2 is 1.70 bits per heavy atom. The fourth-order valence-electron chi connectivity index (χ4n) is 6.31. The van der Waals surface area contributed by atoms with E-state index in [2.05, 4.69) is 9.88 Å². The predicted octanol–water partition coefficient (Wildman–Crippen LogP) is 1.19. The number of fused-ring (bicyclic) bond motifs is 1. The quantitative estimate of drug-likeness (QED) is 0.189. The monoisotopic (exact) mass is 638 g/mol. The smallest absolute Gasteiger partial charge is 0.550 e. The standard InChI is InChI=1S/C35H41FN4O5.Na/c1-22(2)40-29(16-15-27(41)18-28(42)19-31(43)44)32(24-11-13-25(36)14-12-24)33(23-8-4-3-5-9-23)34(40)35(45)37-20-26-21-39-17-7-6-10-30(39)38-26;/h3-5,8-9,11-14,21-22,27-28,41-42H,6-7,10,15-20H2,1-2H3,(H,37,45)(H,43,44);/q;+1/p-1/t27-,28-;/m1./s1. The van der Waals surface area contributed by atoms with Gasteiger partial charge in [-0.25, -0.2) is 9.37 Å². The number of nitrogens with zero attached hydrogens (tertiary/aromatic N) is 3. The van der Waals surface area contributed by atoms with E-state index in [9.17, 15) is 29.3 Å². The van der Waals surface area contributed by atoms with Gasteiger partial charge >= 0.3 is 29.6 Å². The van der Waals surface area contributed by atoms with Crippen molar-refractivity contribution in [3.05, 3.63) is 89.5 Å². The number of rotatable bonds is 13. The zero-order chi connectivity index (χ0) is 32.1. The first-order chi connectivity index (χ1) is 21.6. The van der Waals surface area contributed by atoms with Crippen molar-refractivity contribution in [3.8, 4) is 22.3 Å². The van der Waals surface area contributed by atoms with Gasteiger partial charge < -0.3 is 34.6 Å². The summed E-state index contributed by atoms with van der Waals surface area (Å²) in [6.45, 7) is 5.14. The van der Waals surface area contributed by atoms with Crippen LogP contribution in [0.25, 0.3) is 22.3 Å². The van der Waals surface area contributed by atoms with E-state index in [-0.39, 0.29) is 66.7 Å². The van der Waals surface area contributed by atoms with Gasteiger partial charge in [0.2, 0.25) is 0 Å². The number of carboxylic acid groups (broad SMARTS) is 1. The summed E-state index contributed by atoms with van der Waals surface area (Å²) in [7, 11) is 0. The summed E-state index contributed by atoms with van der Waals surface area (Å²) in [5.41, 5.74) is 4.98. The number of carbonyl (C=O) groups is 2. The molecule has 1 amide bonds. The van der Waals surface area contributed by atoms with E-state index in [0.29, 0.717) is 23.2 Å². The van der Waals surface area contributed by atoms with Crippen LogP contribution in [-0.4, -0.2) is 48.4 Å². The molecule has 0 unspecified atom stereocenters. The second-order valence-corrected chi connectivity index (χ2v) is 12.0. The maximum Gasteiger partial charge on any atom is 1.00 e. The Balaban J connectivity index is 0.00000480. The van der Waals surface area contributed by atoms with E-state index >= 15 is 0 Å². The molecule has 0 fully saturated rings. The first-order valence-electron chi connectivity index (χ1n) is 15.6. The molecule has 1 aliphatic rings. The topological polar surface area (TPSA) is 132 Å². The number of aromatic nitrogens is 3. The molecule has 4 aromatic rings. The van der Waals surface area contributed by atoms with Gasteiger partial charge in [0, 0.05) is 54.4 Å². The number of aryl methyl sites for hydroxylation is 2. The van der Waals surface area contributed by atoms with E-state index in [0.717, 1.165) is 54.1 Å². The number of imidazole rings is 1. The van der Waals surface area contributed by atoms with Crippen molar-refractivity contribution < 1.29 is 58.9 Å². The van der Waals surface area contributed by atoms with Crippen LogP contribution in [0.1, 0.15) is 79.7 Å².